The van der Waals surface area contributed by atoms with Crippen LogP contribution in [0.5, 0.6) is 5.88 Å². The maximum atomic E-state index is 6.66. The highest BCUT2D eigenvalue weighted by atomic mass is 35.5. The smallest absolute Gasteiger partial charge is 0.233 e. The van der Waals surface area contributed by atoms with Gasteiger partial charge >= 0.3 is 0 Å². The van der Waals surface area contributed by atoms with Gasteiger partial charge in [-0.3, -0.25) is 0 Å². The molecule has 0 amide bonds. The van der Waals surface area contributed by atoms with Crippen LogP contribution in [0.4, 0.5) is 0 Å². The molecule has 1 heterocycles. The second-order valence-electron chi connectivity index (χ2n) is 6.85. The lowest BCUT2D eigenvalue weighted by Crippen LogP contribution is -2.24. The number of aromatic nitrogens is 2. The Morgan fingerprint density at radius 2 is 1.91 bits per heavy atom. The molecule has 1 fully saturated rings. The summed E-state index contributed by atoms with van der Waals surface area (Å²) in [6.07, 6.45) is 10.9. The Morgan fingerprint density at radius 3 is 2.52 bits per heavy atom. The molecule has 3 nitrogen and oxygen atoms in total. The molecule has 1 aliphatic carbocycles. The molecule has 0 N–H and O–H groups in total. The van der Waals surface area contributed by atoms with Crippen LogP contribution in [-0.2, 0) is 6.42 Å². The van der Waals surface area contributed by atoms with E-state index in [1.165, 1.54) is 38.5 Å². The minimum atomic E-state index is 0.179. The Balaban J connectivity index is 1.75. The summed E-state index contributed by atoms with van der Waals surface area (Å²) in [6.45, 7) is 5.14. The third-order valence-corrected chi connectivity index (χ3v) is 5.46. The van der Waals surface area contributed by atoms with Crippen LogP contribution < -0.4 is 4.74 Å². The molecular formula is C19H31ClN2O. The molecule has 1 unspecified atom stereocenters. The molecule has 2 rings (SSSR count). The molecular weight excluding hydrogens is 308 g/mol. The monoisotopic (exact) mass is 338 g/mol. The van der Waals surface area contributed by atoms with Gasteiger partial charge in [-0.2, -0.15) is 5.10 Å². The third-order valence-electron chi connectivity index (χ3n) is 4.95. The summed E-state index contributed by atoms with van der Waals surface area (Å²) in [5.74, 6) is 2.18. The Bertz CT molecular complexity index is 430. The number of halogens is 1. The lowest BCUT2D eigenvalue weighted by molar-refractivity contribution is 0.254. The van der Waals surface area contributed by atoms with Crippen molar-refractivity contribution in [3.63, 3.8) is 0 Å². The molecule has 1 aromatic heterocycles. The first-order valence-corrected chi connectivity index (χ1v) is 9.76. The zero-order valence-corrected chi connectivity index (χ0v) is 15.4. The molecule has 23 heavy (non-hydrogen) atoms. The second kappa shape index (κ2) is 10.1. The average molecular weight is 339 g/mol. The van der Waals surface area contributed by atoms with E-state index in [0.717, 1.165) is 30.9 Å². The first-order chi connectivity index (χ1) is 11.2. The molecule has 0 bridgehead atoms. The lowest BCUT2D eigenvalue weighted by Gasteiger charge is -2.31. The maximum absolute atomic E-state index is 6.66. The quantitative estimate of drug-likeness (QED) is 0.446. The largest absolute Gasteiger partial charge is 0.477 e. The molecule has 130 valence electrons. The van der Waals surface area contributed by atoms with E-state index in [9.17, 15) is 0 Å². The van der Waals surface area contributed by atoms with E-state index in [4.69, 9.17) is 16.3 Å². The third kappa shape index (κ3) is 6.29. The van der Waals surface area contributed by atoms with Gasteiger partial charge in [0.2, 0.25) is 5.88 Å². The fourth-order valence-corrected chi connectivity index (χ4v) is 3.88. The van der Waals surface area contributed by atoms with E-state index in [2.05, 4.69) is 24.0 Å². The van der Waals surface area contributed by atoms with Gasteiger partial charge in [-0.05, 0) is 37.2 Å². The number of rotatable bonds is 9. The average Bonchev–Trinajstić information content (AvgIpc) is 2.57. The fraction of sp³-hybridized carbons (Fsp3) is 0.789. The second-order valence-corrected chi connectivity index (χ2v) is 7.42. The van der Waals surface area contributed by atoms with Crippen molar-refractivity contribution in [1.82, 2.24) is 10.2 Å². The van der Waals surface area contributed by atoms with Crippen LogP contribution in [0, 0.1) is 11.8 Å². The highest BCUT2D eigenvalue weighted by Gasteiger charge is 2.26. The minimum absolute atomic E-state index is 0.179. The summed E-state index contributed by atoms with van der Waals surface area (Å²) in [7, 11) is 0. The van der Waals surface area contributed by atoms with Crippen LogP contribution in [-0.4, -0.2) is 22.2 Å². The van der Waals surface area contributed by atoms with Gasteiger partial charge in [0.1, 0.15) is 0 Å². The summed E-state index contributed by atoms with van der Waals surface area (Å²) in [5.41, 5.74) is 0.975. The van der Waals surface area contributed by atoms with E-state index in [1.807, 2.05) is 12.1 Å². The van der Waals surface area contributed by atoms with Gasteiger partial charge in [0.05, 0.1) is 12.3 Å². The number of nitrogens with zero attached hydrogens (tertiary/aromatic N) is 2. The van der Waals surface area contributed by atoms with Gasteiger partial charge in [0.25, 0.3) is 0 Å². The number of unbranched alkanes of at least 4 members (excludes halogenated alkanes) is 1. The predicted octanol–water partition coefficient (Wildman–Crippen LogP) is 5.41. The van der Waals surface area contributed by atoms with Gasteiger partial charge in [-0.1, -0.05) is 46.0 Å². The van der Waals surface area contributed by atoms with Crippen LogP contribution in [0.2, 0.25) is 0 Å². The van der Waals surface area contributed by atoms with Crippen LogP contribution in [0.15, 0.2) is 12.1 Å². The minimum Gasteiger partial charge on any atom is -0.477 e. The predicted molar refractivity (Wildman–Crippen MR) is 96.1 cm³/mol. The number of hydrogen-bond donors (Lipinski definition) is 0. The van der Waals surface area contributed by atoms with Crippen LogP contribution in [0.1, 0.15) is 70.9 Å². The van der Waals surface area contributed by atoms with E-state index >= 15 is 0 Å². The highest BCUT2D eigenvalue weighted by Crippen LogP contribution is 2.35. The Hall–Kier alpha value is -0.830. The number of alkyl halides is 1. The zero-order valence-electron chi connectivity index (χ0n) is 14.6. The van der Waals surface area contributed by atoms with Crippen LogP contribution in [0.3, 0.4) is 0 Å². The van der Waals surface area contributed by atoms with Gasteiger partial charge in [0.15, 0.2) is 0 Å². The SMILES string of the molecule is CCCCOc1ccc(CC(Cl)[C@H]2CC[C@H](CCC)CC2)nn1. The van der Waals surface area contributed by atoms with Gasteiger partial charge in [-0.25, -0.2) is 0 Å². The molecule has 1 aliphatic rings. The first kappa shape index (κ1) is 18.5. The van der Waals surface area contributed by atoms with Crippen molar-refractivity contribution in [3.05, 3.63) is 17.8 Å². The molecule has 4 heteroatoms. The van der Waals surface area contributed by atoms with Crippen molar-refractivity contribution in [3.8, 4) is 5.88 Å². The Morgan fingerprint density at radius 1 is 1.13 bits per heavy atom. The number of ether oxygens (including phenoxy) is 1. The summed E-state index contributed by atoms with van der Waals surface area (Å²) in [5, 5.41) is 8.61. The van der Waals surface area contributed by atoms with Crippen molar-refractivity contribution in [2.75, 3.05) is 6.61 Å². The van der Waals surface area contributed by atoms with Gasteiger partial charge in [0, 0.05) is 17.9 Å². The molecule has 1 aromatic rings. The zero-order chi connectivity index (χ0) is 16.5. The maximum Gasteiger partial charge on any atom is 0.233 e. The first-order valence-electron chi connectivity index (χ1n) is 9.32. The van der Waals surface area contributed by atoms with E-state index < -0.39 is 0 Å². The molecule has 1 saturated carbocycles. The van der Waals surface area contributed by atoms with Crippen molar-refractivity contribution in [1.29, 1.82) is 0 Å². The number of hydrogen-bond acceptors (Lipinski definition) is 3. The molecule has 1 atom stereocenters. The van der Waals surface area contributed by atoms with E-state index in [1.54, 1.807) is 0 Å². The molecule has 0 saturated heterocycles. The molecule has 0 aliphatic heterocycles. The summed E-state index contributed by atoms with van der Waals surface area (Å²) >= 11 is 6.66. The molecule has 0 radical (unpaired) electrons. The van der Waals surface area contributed by atoms with Gasteiger partial charge < -0.3 is 4.74 Å². The van der Waals surface area contributed by atoms with E-state index in [-0.39, 0.29) is 5.38 Å². The van der Waals surface area contributed by atoms with Crippen LogP contribution in [0.25, 0.3) is 0 Å². The summed E-state index contributed by atoms with van der Waals surface area (Å²) < 4.78 is 5.55. The van der Waals surface area contributed by atoms with Crippen molar-refractivity contribution >= 4 is 11.6 Å². The van der Waals surface area contributed by atoms with Crippen molar-refractivity contribution in [2.24, 2.45) is 11.8 Å². The van der Waals surface area contributed by atoms with Crippen molar-refractivity contribution < 1.29 is 4.74 Å². The Labute approximate surface area is 146 Å². The normalized spacial score (nSPS) is 22.7. The fourth-order valence-electron chi connectivity index (χ4n) is 3.47. The Kier molecular flexibility index (Phi) is 8.14. The summed E-state index contributed by atoms with van der Waals surface area (Å²) in [4.78, 5) is 0. The van der Waals surface area contributed by atoms with Crippen molar-refractivity contribution in [2.45, 2.75) is 77.0 Å². The topological polar surface area (TPSA) is 35.0 Å². The lowest BCUT2D eigenvalue weighted by atomic mass is 9.78. The van der Waals surface area contributed by atoms with Gasteiger partial charge in [-0.15, -0.1) is 16.7 Å². The standard InChI is InChI=1S/C19H31ClN2O/c1-3-5-13-23-19-12-11-17(21-22-19)14-18(20)16-9-7-15(6-4-2)8-10-16/h11-12,15-16,18H,3-10,13-14H2,1-2H3/t15-,16-,18?. The summed E-state index contributed by atoms with van der Waals surface area (Å²) in [6, 6.07) is 3.92. The van der Waals surface area contributed by atoms with Crippen LogP contribution >= 0.6 is 11.6 Å². The molecule has 0 aromatic carbocycles. The highest BCUT2D eigenvalue weighted by molar-refractivity contribution is 6.20. The molecule has 0 spiro atoms. The van der Waals surface area contributed by atoms with E-state index in [0.29, 0.717) is 18.4 Å².